The van der Waals surface area contributed by atoms with Crippen molar-refractivity contribution >= 4 is 17.8 Å². The van der Waals surface area contributed by atoms with E-state index >= 15 is 0 Å². The van der Waals surface area contributed by atoms with Gasteiger partial charge >= 0.3 is 5.97 Å². The van der Waals surface area contributed by atoms with E-state index in [0.717, 1.165) is 63.0 Å². The molecule has 1 saturated heterocycles. The quantitative estimate of drug-likeness (QED) is 0.466. The first-order chi connectivity index (χ1) is 18.4. The van der Waals surface area contributed by atoms with Crippen molar-refractivity contribution in [2.75, 3.05) is 33.3 Å². The first-order valence-corrected chi connectivity index (χ1v) is 14.0. The van der Waals surface area contributed by atoms with Crippen molar-refractivity contribution in [3.05, 3.63) is 70.8 Å². The molecule has 0 bridgehead atoms. The number of benzene rings is 2. The molecule has 2 unspecified atom stereocenters. The Bertz CT molecular complexity index is 1160. The molecular formula is C31H39N3O4. The summed E-state index contributed by atoms with van der Waals surface area (Å²) in [6.45, 7) is 6.74. The third kappa shape index (κ3) is 6.09. The molecule has 2 fully saturated rings. The lowest BCUT2D eigenvalue weighted by Crippen LogP contribution is -2.41. The summed E-state index contributed by atoms with van der Waals surface area (Å²) in [7, 11) is 1.38. The van der Waals surface area contributed by atoms with Crippen LogP contribution < -0.4 is 0 Å². The standard InChI is InChI=1S/C31H39N3O4/c1-22(35)34(29-18-28(29)24-7-4-3-5-8-24)19-23-12-15-32(16-13-23)14-6-9-30(36)33-20-26-11-10-25(31(37)38-2)17-27(26)21-33/h3-5,7-8,10-11,17,23,28-29H,6,9,12-16,18-21H2,1-2H3. The van der Waals surface area contributed by atoms with Crippen molar-refractivity contribution in [3.8, 4) is 0 Å². The number of nitrogens with zero attached hydrogens (tertiary/aromatic N) is 3. The van der Waals surface area contributed by atoms with E-state index in [1.54, 1.807) is 13.0 Å². The molecule has 7 nitrogen and oxygen atoms in total. The minimum absolute atomic E-state index is 0.171. The van der Waals surface area contributed by atoms with Crippen LogP contribution in [0, 0.1) is 5.92 Å². The summed E-state index contributed by atoms with van der Waals surface area (Å²) in [5.74, 6) is 1.05. The van der Waals surface area contributed by atoms with Gasteiger partial charge in [0.1, 0.15) is 0 Å². The second-order valence-electron chi connectivity index (χ2n) is 11.1. The zero-order valence-electron chi connectivity index (χ0n) is 22.6. The van der Waals surface area contributed by atoms with Crippen molar-refractivity contribution < 1.29 is 19.1 Å². The van der Waals surface area contributed by atoms with Crippen LogP contribution in [0.4, 0.5) is 0 Å². The molecule has 2 heterocycles. The summed E-state index contributed by atoms with van der Waals surface area (Å²) < 4.78 is 4.81. The van der Waals surface area contributed by atoms with Gasteiger partial charge in [-0.3, -0.25) is 9.59 Å². The van der Waals surface area contributed by atoms with Crippen LogP contribution in [-0.2, 0) is 27.4 Å². The van der Waals surface area contributed by atoms with Gasteiger partial charge in [0, 0.05) is 44.9 Å². The predicted octanol–water partition coefficient (Wildman–Crippen LogP) is 4.21. The predicted molar refractivity (Wildman–Crippen MR) is 145 cm³/mol. The zero-order valence-corrected chi connectivity index (χ0v) is 22.6. The first-order valence-electron chi connectivity index (χ1n) is 14.0. The van der Waals surface area contributed by atoms with Crippen LogP contribution in [0.2, 0.25) is 0 Å². The molecule has 2 atom stereocenters. The highest BCUT2D eigenvalue weighted by Crippen LogP contribution is 2.45. The van der Waals surface area contributed by atoms with Crippen LogP contribution >= 0.6 is 0 Å². The summed E-state index contributed by atoms with van der Waals surface area (Å²) in [4.78, 5) is 43.6. The SMILES string of the molecule is COC(=O)c1ccc2c(c1)CN(C(=O)CCCN1CCC(CN(C(C)=O)C3CC3c3ccccc3)CC1)C2. The number of carbonyl (C=O) groups excluding carboxylic acids is 3. The number of fused-ring (bicyclic) bond motifs is 1. The Balaban J connectivity index is 1.02. The van der Waals surface area contributed by atoms with Crippen molar-refractivity contribution in [1.29, 1.82) is 0 Å². The number of ether oxygens (including phenoxy) is 1. The Morgan fingerprint density at radius 3 is 2.45 bits per heavy atom. The van der Waals surface area contributed by atoms with Gasteiger partial charge in [0.05, 0.1) is 12.7 Å². The number of hydrogen-bond acceptors (Lipinski definition) is 5. The van der Waals surface area contributed by atoms with E-state index in [9.17, 15) is 14.4 Å². The van der Waals surface area contributed by atoms with Crippen molar-refractivity contribution in [1.82, 2.24) is 14.7 Å². The normalized spacial score (nSPS) is 21.2. The second kappa shape index (κ2) is 11.7. The number of carbonyl (C=O) groups is 3. The molecule has 2 amide bonds. The fourth-order valence-corrected chi connectivity index (χ4v) is 6.18. The van der Waals surface area contributed by atoms with E-state index in [-0.39, 0.29) is 17.8 Å². The highest BCUT2D eigenvalue weighted by atomic mass is 16.5. The Morgan fingerprint density at radius 1 is 1.00 bits per heavy atom. The van der Waals surface area contributed by atoms with Crippen LogP contribution in [0.25, 0.3) is 0 Å². The molecule has 3 aliphatic rings. The van der Waals surface area contributed by atoms with Crippen molar-refractivity contribution in [2.45, 2.75) is 64.1 Å². The summed E-state index contributed by atoms with van der Waals surface area (Å²) >= 11 is 0. The largest absolute Gasteiger partial charge is 0.465 e. The molecule has 2 aromatic rings. The summed E-state index contributed by atoms with van der Waals surface area (Å²) in [5.41, 5.74) is 4.01. The monoisotopic (exact) mass is 517 g/mol. The number of hydrogen-bond donors (Lipinski definition) is 0. The number of piperidine rings is 1. The average Bonchev–Trinajstić information content (AvgIpc) is 3.61. The molecule has 7 heteroatoms. The summed E-state index contributed by atoms with van der Waals surface area (Å²) in [6.07, 6.45) is 4.67. The zero-order chi connectivity index (χ0) is 26.6. The summed E-state index contributed by atoms with van der Waals surface area (Å²) in [6, 6.07) is 16.4. The van der Waals surface area contributed by atoms with Gasteiger partial charge in [-0.05, 0) is 80.1 Å². The van der Waals surface area contributed by atoms with Gasteiger partial charge in [-0.2, -0.15) is 0 Å². The first kappa shape index (κ1) is 26.4. The molecule has 1 saturated carbocycles. The van der Waals surface area contributed by atoms with Crippen LogP contribution in [-0.4, -0.2) is 71.8 Å². The van der Waals surface area contributed by atoms with Gasteiger partial charge in [0.2, 0.25) is 11.8 Å². The van der Waals surface area contributed by atoms with Gasteiger partial charge in [-0.15, -0.1) is 0 Å². The van der Waals surface area contributed by atoms with Gasteiger partial charge in [0.15, 0.2) is 0 Å². The smallest absolute Gasteiger partial charge is 0.337 e. The topological polar surface area (TPSA) is 70.2 Å². The molecule has 0 aromatic heterocycles. The van der Waals surface area contributed by atoms with E-state index in [2.05, 4.69) is 34.1 Å². The third-order valence-electron chi connectivity index (χ3n) is 8.52. The van der Waals surface area contributed by atoms with Gasteiger partial charge in [-0.25, -0.2) is 4.79 Å². The molecule has 0 radical (unpaired) electrons. The Hall–Kier alpha value is -3.19. The maximum absolute atomic E-state index is 12.8. The molecule has 1 aliphatic carbocycles. The van der Waals surface area contributed by atoms with E-state index in [1.165, 1.54) is 12.7 Å². The van der Waals surface area contributed by atoms with Gasteiger partial charge in [0.25, 0.3) is 0 Å². The van der Waals surface area contributed by atoms with Crippen LogP contribution in [0.3, 0.4) is 0 Å². The van der Waals surface area contributed by atoms with Crippen molar-refractivity contribution in [3.63, 3.8) is 0 Å². The molecule has 5 rings (SSSR count). The molecule has 38 heavy (non-hydrogen) atoms. The Morgan fingerprint density at radius 2 is 1.74 bits per heavy atom. The van der Waals surface area contributed by atoms with E-state index in [1.807, 2.05) is 23.1 Å². The van der Waals surface area contributed by atoms with Crippen LogP contribution in [0.5, 0.6) is 0 Å². The number of rotatable bonds is 9. The number of methoxy groups -OCH3 is 1. The number of likely N-dealkylation sites (tertiary alicyclic amines) is 1. The van der Waals surface area contributed by atoms with Crippen LogP contribution in [0.1, 0.15) is 72.0 Å². The lowest BCUT2D eigenvalue weighted by molar-refractivity contribution is -0.132. The fourth-order valence-electron chi connectivity index (χ4n) is 6.18. The maximum atomic E-state index is 12.8. The lowest BCUT2D eigenvalue weighted by Gasteiger charge is -2.35. The number of amides is 2. The minimum Gasteiger partial charge on any atom is -0.465 e. The molecule has 2 aliphatic heterocycles. The Kier molecular flexibility index (Phi) is 8.12. The van der Waals surface area contributed by atoms with Crippen LogP contribution in [0.15, 0.2) is 48.5 Å². The highest BCUT2D eigenvalue weighted by Gasteiger charge is 2.44. The molecule has 0 spiro atoms. The highest BCUT2D eigenvalue weighted by molar-refractivity contribution is 5.89. The van der Waals surface area contributed by atoms with E-state index < -0.39 is 0 Å². The molecule has 2 aromatic carbocycles. The Labute approximate surface area is 225 Å². The minimum atomic E-state index is -0.348. The third-order valence-corrected chi connectivity index (χ3v) is 8.52. The van der Waals surface area contributed by atoms with Gasteiger partial charge in [-0.1, -0.05) is 36.4 Å². The lowest BCUT2D eigenvalue weighted by atomic mass is 9.95. The molecule has 202 valence electrons. The van der Waals surface area contributed by atoms with E-state index in [0.29, 0.717) is 43.0 Å². The maximum Gasteiger partial charge on any atom is 0.337 e. The molecular weight excluding hydrogens is 478 g/mol. The van der Waals surface area contributed by atoms with Crippen molar-refractivity contribution in [2.24, 2.45) is 5.92 Å². The molecule has 0 N–H and O–H groups in total. The summed E-state index contributed by atoms with van der Waals surface area (Å²) in [5, 5.41) is 0. The number of esters is 1. The second-order valence-corrected chi connectivity index (χ2v) is 11.1. The average molecular weight is 518 g/mol. The fraction of sp³-hybridized carbons (Fsp3) is 0.516. The van der Waals surface area contributed by atoms with E-state index in [4.69, 9.17) is 4.74 Å². The van der Waals surface area contributed by atoms with Gasteiger partial charge < -0.3 is 19.4 Å².